The third-order valence-electron chi connectivity index (χ3n) is 4.13. The molecule has 2 heterocycles. The monoisotopic (exact) mass is 338 g/mol. The summed E-state index contributed by atoms with van der Waals surface area (Å²) < 4.78 is 0. The van der Waals surface area contributed by atoms with Gasteiger partial charge in [-0.2, -0.15) is 0 Å². The van der Waals surface area contributed by atoms with Gasteiger partial charge < -0.3 is 15.5 Å². The number of rotatable bonds is 4. The Bertz CT molecular complexity index is 752. The van der Waals surface area contributed by atoms with Gasteiger partial charge >= 0.3 is 0 Å². The fraction of sp³-hybridized carbons (Fsp3) is 0.316. The molecule has 6 heteroatoms. The van der Waals surface area contributed by atoms with E-state index in [2.05, 4.69) is 20.5 Å². The topological polar surface area (TPSA) is 74.3 Å². The van der Waals surface area contributed by atoms with E-state index in [-0.39, 0.29) is 11.8 Å². The van der Waals surface area contributed by atoms with E-state index >= 15 is 0 Å². The number of anilines is 3. The summed E-state index contributed by atoms with van der Waals surface area (Å²) in [6.45, 7) is 3.51. The van der Waals surface area contributed by atoms with Gasteiger partial charge in [0.2, 0.25) is 5.91 Å². The van der Waals surface area contributed by atoms with Crippen LogP contribution in [0.4, 0.5) is 17.2 Å². The molecule has 1 aromatic carbocycles. The normalized spacial score (nSPS) is 14.0. The first-order chi connectivity index (χ1) is 12.1. The quantitative estimate of drug-likeness (QED) is 0.897. The van der Waals surface area contributed by atoms with Gasteiger partial charge in [0.15, 0.2) is 0 Å². The third-order valence-corrected chi connectivity index (χ3v) is 4.13. The van der Waals surface area contributed by atoms with Crippen LogP contribution < -0.4 is 15.5 Å². The van der Waals surface area contributed by atoms with Crippen molar-refractivity contribution in [2.24, 2.45) is 0 Å². The molecule has 3 rings (SSSR count). The second-order valence-electron chi connectivity index (χ2n) is 6.17. The number of pyridine rings is 1. The van der Waals surface area contributed by atoms with Gasteiger partial charge in [-0.05, 0) is 49.6 Å². The number of aromatic nitrogens is 1. The van der Waals surface area contributed by atoms with E-state index in [4.69, 9.17) is 0 Å². The summed E-state index contributed by atoms with van der Waals surface area (Å²) in [6.07, 6.45) is 5.36. The van der Waals surface area contributed by atoms with E-state index in [0.29, 0.717) is 16.9 Å². The second kappa shape index (κ2) is 7.79. The van der Waals surface area contributed by atoms with E-state index < -0.39 is 0 Å². The molecule has 0 saturated carbocycles. The van der Waals surface area contributed by atoms with Crippen molar-refractivity contribution in [1.82, 2.24) is 4.98 Å². The molecule has 0 radical (unpaired) electrons. The highest BCUT2D eigenvalue weighted by atomic mass is 16.2. The molecule has 0 atom stereocenters. The molecule has 1 fully saturated rings. The number of carbonyl (C=O) groups is 2. The molecule has 0 aliphatic carbocycles. The van der Waals surface area contributed by atoms with Gasteiger partial charge in [-0.1, -0.05) is 6.07 Å². The van der Waals surface area contributed by atoms with Gasteiger partial charge in [0.05, 0.1) is 11.9 Å². The lowest BCUT2D eigenvalue weighted by Gasteiger charge is -2.27. The molecule has 0 spiro atoms. The van der Waals surface area contributed by atoms with Crippen molar-refractivity contribution in [1.29, 1.82) is 0 Å². The molecule has 6 nitrogen and oxygen atoms in total. The van der Waals surface area contributed by atoms with Gasteiger partial charge in [-0.15, -0.1) is 0 Å². The van der Waals surface area contributed by atoms with Crippen LogP contribution in [0.25, 0.3) is 0 Å². The van der Waals surface area contributed by atoms with Crippen LogP contribution >= 0.6 is 0 Å². The average molecular weight is 338 g/mol. The van der Waals surface area contributed by atoms with Crippen LogP contribution in [0.3, 0.4) is 0 Å². The van der Waals surface area contributed by atoms with Crippen molar-refractivity contribution in [3.05, 3.63) is 48.2 Å². The van der Waals surface area contributed by atoms with Crippen LogP contribution in [0, 0.1) is 0 Å². The van der Waals surface area contributed by atoms with E-state index in [9.17, 15) is 9.59 Å². The highest BCUT2D eigenvalue weighted by molar-refractivity contribution is 6.05. The summed E-state index contributed by atoms with van der Waals surface area (Å²) in [4.78, 5) is 30.2. The minimum Gasteiger partial charge on any atom is -0.357 e. The molecule has 2 amide bonds. The zero-order valence-electron chi connectivity index (χ0n) is 14.3. The van der Waals surface area contributed by atoms with Crippen molar-refractivity contribution < 1.29 is 9.59 Å². The van der Waals surface area contributed by atoms with Gasteiger partial charge in [-0.25, -0.2) is 4.98 Å². The van der Waals surface area contributed by atoms with Crippen LogP contribution in [0.15, 0.2) is 42.6 Å². The Morgan fingerprint density at radius 3 is 2.48 bits per heavy atom. The predicted molar refractivity (Wildman–Crippen MR) is 99.0 cm³/mol. The van der Waals surface area contributed by atoms with Gasteiger partial charge in [0.1, 0.15) is 5.82 Å². The van der Waals surface area contributed by atoms with Gasteiger partial charge in [0.25, 0.3) is 5.91 Å². The smallest absolute Gasteiger partial charge is 0.255 e. The molecular formula is C19H22N4O2. The molecule has 0 bridgehead atoms. The Morgan fingerprint density at radius 2 is 1.80 bits per heavy atom. The highest BCUT2D eigenvalue weighted by Gasteiger charge is 2.12. The Morgan fingerprint density at radius 1 is 1.00 bits per heavy atom. The van der Waals surface area contributed by atoms with Gasteiger partial charge in [-0.3, -0.25) is 9.59 Å². The zero-order valence-corrected chi connectivity index (χ0v) is 14.3. The maximum atomic E-state index is 12.4. The van der Waals surface area contributed by atoms with Crippen LogP contribution in [0.1, 0.15) is 36.5 Å². The molecule has 1 aromatic heterocycles. The average Bonchev–Trinajstić information content (AvgIpc) is 2.63. The summed E-state index contributed by atoms with van der Waals surface area (Å²) in [5, 5.41) is 5.51. The molecule has 130 valence electrons. The molecule has 1 saturated heterocycles. The second-order valence-corrected chi connectivity index (χ2v) is 6.17. The highest BCUT2D eigenvalue weighted by Crippen LogP contribution is 2.19. The maximum Gasteiger partial charge on any atom is 0.255 e. The molecule has 2 N–H and O–H groups in total. The standard InChI is InChI=1S/C19H22N4O2/c1-14(24)21-16-7-5-6-15(12-16)19(25)22-17-8-9-18(20-13-17)23-10-3-2-4-11-23/h5-9,12-13H,2-4,10-11H2,1H3,(H,21,24)(H,22,25). The van der Waals surface area contributed by atoms with Crippen LogP contribution in [-0.4, -0.2) is 29.9 Å². The Balaban J connectivity index is 1.65. The number of nitrogens with zero attached hydrogens (tertiary/aromatic N) is 2. The van der Waals surface area contributed by atoms with Crippen molar-refractivity contribution in [3.8, 4) is 0 Å². The van der Waals surface area contributed by atoms with Crippen molar-refractivity contribution in [3.63, 3.8) is 0 Å². The van der Waals surface area contributed by atoms with Gasteiger partial charge in [0, 0.05) is 31.3 Å². The SMILES string of the molecule is CC(=O)Nc1cccc(C(=O)Nc2ccc(N3CCCCC3)nc2)c1. The zero-order chi connectivity index (χ0) is 17.6. The summed E-state index contributed by atoms with van der Waals surface area (Å²) in [6, 6.07) is 10.6. The van der Waals surface area contributed by atoms with Crippen molar-refractivity contribution >= 4 is 29.0 Å². The van der Waals surface area contributed by atoms with Crippen LogP contribution in [0.5, 0.6) is 0 Å². The number of amides is 2. The van der Waals surface area contributed by atoms with Crippen molar-refractivity contribution in [2.75, 3.05) is 28.6 Å². The lowest BCUT2D eigenvalue weighted by atomic mass is 10.1. The van der Waals surface area contributed by atoms with Crippen LogP contribution in [0.2, 0.25) is 0 Å². The number of benzene rings is 1. The minimum atomic E-state index is -0.236. The summed E-state index contributed by atoms with van der Waals surface area (Å²) >= 11 is 0. The Hall–Kier alpha value is -2.89. The first-order valence-corrected chi connectivity index (χ1v) is 8.52. The summed E-state index contributed by atoms with van der Waals surface area (Å²) in [5.74, 6) is 0.542. The predicted octanol–water partition coefficient (Wildman–Crippen LogP) is 3.28. The van der Waals surface area contributed by atoms with E-state index in [1.807, 2.05) is 12.1 Å². The fourth-order valence-corrected chi connectivity index (χ4v) is 2.91. The number of hydrogen-bond donors (Lipinski definition) is 2. The lowest BCUT2D eigenvalue weighted by molar-refractivity contribution is -0.114. The first kappa shape index (κ1) is 17.0. The van der Waals surface area contributed by atoms with Crippen LogP contribution in [-0.2, 0) is 4.79 Å². The number of piperidine rings is 1. The van der Waals surface area contributed by atoms with E-state index in [0.717, 1.165) is 18.9 Å². The lowest BCUT2D eigenvalue weighted by Crippen LogP contribution is -2.30. The number of hydrogen-bond acceptors (Lipinski definition) is 4. The Labute approximate surface area is 147 Å². The third kappa shape index (κ3) is 4.56. The maximum absolute atomic E-state index is 12.4. The molecule has 1 aliphatic heterocycles. The Kier molecular flexibility index (Phi) is 5.28. The van der Waals surface area contributed by atoms with E-state index in [1.165, 1.54) is 26.2 Å². The minimum absolute atomic E-state index is 0.171. The molecule has 2 aromatic rings. The fourth-order valence-electron chi connectivity index (χ4n) is 2.91. The molecule has 0 unspecified atom stereocenters. The van der Waals surface area contributed by atoms with E-state index in [1.54, 1.807) is 30.5 Å². The number of carbonyl (C=O) groups excluding carboxylic acids is 2. The summed E-state index contributed by atoms with van der Waals surface area (Å²) in [7, 11) is 0. The molecule has 25 heavy (non-hydrogen) atoms. The number of nitrogens with one attached hydrogen (secondary N) is 2. The first-order valence-electron chi connectivity index (χ1n) is 8.52. The molecular weight excluding hydrogens is 316 g/mol. The van der Waals surface area contributed by atoms with Crippen molar-refractivity contribution in [2.45, 2.75) is 26.2 Å². The largest absolute Gasteiger partial charge is 0.357 e. The molecule has 1 aliphatic rings. The summed E-state index contributed by atoms with van der Waals surface area (Å²) in [5.41, 5.74) is 1.72.